The summed E-state index contributed by atoms with van der Waals surface area (Å²) in [6, 6.07) is 8.91. The first-order valence-corrected chi connectivity index (χ1v) is 9.54. The normalized spacial score (nSPS) is 11.7. The van der Waals surface area contributed by atoms with E-state index in [0.29, 0.717) is 43.2 Å². The molecule has 4 rings (SSSR count). The monoisotopic (exact) mass is 459 g/mol. The molecule has 2 heterocycles. The zero-order chi connectivity index (χ0) is 20.0. The number of hydrogen-bond donors (Lipinski definition) is 3. The number of fused-ring (bicyclic) bond motifs is 1. The smallest absolute Gasteiger partial charge is 0.306 e. The number of rotatable bonds is 3. The fourth-order valence-corrected chi connectivity index (χ4v) is 3.51. The number of H-pyrrole nitrogens is 3. The van der Waals surface area contributed by atoms with E-state index in [2.05, 4.69) is 36.0 Å². The topological polar surface area (TPSA) is 98.8 Å². The minimum atomic E-state index is -0.288. The number of hydrogen-bond acceptors (Lipinski definition) is 3. The molecule has 0 fully saturated rings. The zero-order valence-corrected chi connectivity index (χ0v) is 17.3. The van der Waals surface area contributed by atoms with Crippen LogP contribution in [0.3, 0.4) is 0 Å². The molecular weight excluding hydrogens is 446 g/mol. The molecule has 0 amide bonds. The van der Waals surface area contributed by atoms with Crippen LogP contribution < -0.4 is 11.2 Å². The molecule has 28 heavy (non-hydrogen) atoms. The van der Waals surface area contributed by atoms with Gasteiger partial charge in [0.2, 0.25) is 0 Å². The first kappa shape index (κ1) is 18.5. The highest BCUT2D eigenvalue weighted by atomic mass is 79.9. The third-order valence-electron chi connectivity index (χ3n) is 4.45. The molecule has 0 spiro atoms. The van der Waals surface area contributed by atoms with Gasteiger partial charge in [-0.1, -0.05) is 17.7 Å². The molecule has 2 aromatic carbocycles. The number of nitrogens with zero attached hydrogens (tertiary/aromatic N) is 2. The molecule has 142 valence electrons. The van der Waals surface area contributed by atoms with Crippen LogP contribution in [0.5, 0.6) is 0 Å². The quantitative estimate of drug-likeness (QED) is 0.401. The van der Waals surface area contributed by atoms with Crippen LogP contribution in [0, 0.1) is 13.8 Å². The van der Waals surface area contributed by atoms with E-state index in [1.165, 1.54) is 10.9 Å². The van der Waals surface area contributed by atoms with E-state index in [4.69, 9.17) is 11.6 Å². The number of aromatic amines is 3. The molecule has 3 N–H and O–H groups in total. The molecule has 4 aromatic rings. The summed E-state index contributed by atoms with van der Waals surface area (Å²) < 4.78 is 2.13. The minimum absolute atomic E-state index is 0.228. The molecule has 0 radical (unpaired) electrons. The lowest BCUT2D eigenvalue weighted by atomic mass is 10.2. The van der Waals surface area contributed by atoms with Crippen LogP contribution in [0.25, 0.3) is 16.7 Å². The number of aryl methyl sites for hydroxylation is 2. The molecule has 0 aliphatic carbocycles. The second-order valence-electron chi connectivity index (χ2n) is 6.41. The third-order valence-corrected chi connectivity index (χ3v) is 5.49. The fraction of sp³-hybridized carbons (Fsp3) is 0.105. The SMILES string of the molecule is Cc1ccc(-n2[nH]c(C)c(C=Nc3cc4[nH]c(=O)[nH]c4cc3Br)c2=O)cc1Cl. The average Bonchev–Trinajstić information content (AvgIpc) is 3.13. The Kier molecular flexibility index (Phi) is 4.60. The maximum Gasteiger partial charge on any atom is 0.323 e. The largest absolute Gasteiger partial charge is 0.323 e. The summed E-state index contributed by atoms with van der Waals surface area (Å²) >= 11 is 9.62. The summed E-state index contributed by atoms with van der Waals surface area (Å²) in [5.41, 5.74) is 4.08. The number of imidazole rings is 1. The van der Waals surface area contributed by atoms with Gasteiger partial charge in [0.15, 0.2) is 0 Å². The maximum atomic E-state index is 12.8. The van der Waals surface area contributed by atoms with Crippen LogP contribution in [-0.2, 0) is 0 Å². The van der Waals surface area contributed by atoms with Gasteiger partial charge in [0.25, 0.3) is 5.56 Å². The zero-order valence-electron chi connectivity index (χ0n) is 14.9. The van der Waals surface area contributed by atoms with Gasteiger partial charge >= 0.3 is 5.69 Å². The Labute approximate surface area is 172 Å². The van der Waals surface area contributed by atoms with E-state index in [9.17, 15) is 9.59 Å². The molecule has 0 saturated heterocycles. The molecule has 0 atom stereocenters. The van der Waals surface area contributed by atoms with Crippen molar-refractivity contribution in [1.82, 2.24) is 19.7 Å². The minimum Gasteiger partial charge on any atom is -0.306 e. The van der Waals surface area contributed by atoms with Crippen LogP contribution in [-0.4, -0.2) is 26.0 Å². The van der Waals surface area contributed by atoms with Crippen LogP contribution in [0.2, 0.25) is 5.02 Å². The van der Waals surface area contributed by atoms with Gasteiger partial charge in [-0.2, -0.15) is 0 Å². The average molecular weight is 461 g/mol. The predicted molar refractivity (Wildman–Crippen MR) is 115 cm³/mol. The van der Waals surface area contributed by atoms with Gasteiger partial charge in [-0.05, 0) is 59.6 Å². The van der Waals surface area contributed by atoms with Crippen molar-refractivity contribution in [2.24, 2.45) is 4.99 Å². The van der Waals surface area contributed by atoms with Gasteiger partial charge in [0.1, 0.15) is 0 Å². The molecule has 0 aliphatic rings. The van der Waals surface area contributed by atoms with Crippen molar-refractivity contribution in [2.45, 2.75) is 13.8 Å². The van der Waals surface area contributed by atoms with Crippen molar-refractivity contribution in [3.63, 3.8) is 0 Å². The molecular formula is C19H15BrClN5O2. The molecule has 0 unspecified atom stereocenters. The standard InChI is InChI=1S/C19H15BrClN5O2/c1-9-3-4-11(5-14(9)21)26-18(27)12(10(2)25-26)8-22-15-7-17-16(6-13(15)20)23-19(28)24-17/h3-8,25H,1-2H3,(H2,23,24,28). The summed E-state index contributed by atoms with van der Waals surface area (Å²) in [5, 5.41) is 3.64. The molecule has 0 aliphatic heterocycles. The molecule has 7 nitrogen and oxygen atoms in total. The number of halogens is 2. The first-order valence-electron chi connectivity index (χ1n) is 8.37. The van der Waals surface area contributed by atoms with Crippen molar-refractivity contribution in [1.29, 1.82) is 0 Å². The van der Waals surface area contributed by atoms with Crippen molar-refractivity contribution in [3.8, 4) is 5.69 Å². The lowest BCUT2D eigenvalue weighted by molar-refractivity contribution is 0.835. The second-order valence-corrected chi connectivity index (χ2v) is 7.67. The van der Waals surface area contributed by atoms with Crippen LogP contribution >= 0.6 is 27.5 Å². The molecule has 9 heteroatoms. The van der Waals surface area contributed by atoms with E-state index in [1.807, 2.05) is 19.1 Å². The van der Waals surface area contributed by atoms with Crippen LogP contribution in [0.15, 0.2) is 49.4 Å². The van der Waals surface area contributed by atoms with Crippen LogP contribution in [0.1, 0.15) is 16.8 Å². The van der Waals surface area contributed by atoms with Crippen molar-refractivity contribution in [2.75, 3.05) is 0 Å². The number of benzene rings is 2. The Morgan fingerprint density at radius 3 is 2.54 bits per heavy atom. The molecule has 0 saturated carbocycles. The summed E-state index contributed by atoms with van der Waals surface area (Å²) in [6.45, 7) is 3.70. The first-order chi connectivity index (χ1) is 13.3. The third kappa shape index (κ3) is 3.25. The van der Waals surface area contributed by atoms with E-state index in [1.54, 1.807) is 25.1 Å². The van der Waals surface area contributed by atoms with Gasteiger partial charge in [0, 0.05) is 21.4 Å². The van der Waals surface area contributed by atoms with E-state index < -0.39 is 0 Å². The van der Waals surface area contributed by atoms with Gasteiger partial charge in [-0.25, -0.2) is 9.48 Å². The van der Waals surface area contributed by atoms with Gasteiger partial charge in [-0.15, -0.1) is 0 Å². The van der Waals surface area contributed by atoms with Crippen molar-refractivity contribution >= 4 is 50.5 Å². The number of aromatic nitrogens is 4. The van der Waals surface area contributed by atoms with Gasteiger partial charge < -0.3 is 9.97 Å². The Morgan fingerprint density at radius 2 is 1.82 bits per heavy atom. The Morgan fingerprint density at radius 1 is 1.11 bits per heavy atom. The highest BCUT2D eigenvalue weighted by molar-refractivity contribution is 9.10. The Balaban J connectivity index is 1.75. The van der Waals surface area contributed by atoms with Gasteiger partial charge in [0.05, 0.1) is 28.0 Å². The lowest BCUT2D eigenvalue weighted by Gasteiger charge is -2.04. The number of nitrogens with one attached hydrogen (secondary N) is 3. The fourth-order valence-electron chi connectivity index (χ4n) is 2.89. The van der Waals surface area contributed by atoms with Crippen molar-refractivity contribution in [3.05, 3.63) is 77.5 Å². The Hall–Kier alpha value is -2.84. The lowest BCUT2D eigenvalue weighted by Crippen LogP contribution is -2.17. The highest BCUT2D eigenvalue weighted by Crippen LogP contribution is 2.28. The van der Waals surface area contributed by atoms with Crippen molar-refractivity contribution < 1.29 is 0 Å². The van der Waals surface area contributed by atoms with Gasteiger partial charge in [-0.3, -0.25) is 14.9 Å². The van der Waals surface area contributed by atoms with E-state index >= 15 is 0 Å². The van der Waals surface area contributed by atoms with E-state index in [0.717, 1.165) is 5.56 Å². The predicted octanol–water partition coefficient (Wildman–Crippen LogP) is 4.12. The Bertz CT molecular complexity index is 1360. The number of aliphatic imine (C=N–C) groups is 1. The van der Waals surface area contributed by atoms with Crippen LogP contribution in [0.4, 0.5) is 5.69 Å². The summed E-state index contributed by atoms with van der Waals surface area (Å²) in [5.74, 6) is 0. The summed E-state index contributed by atoms with van der Waals surface area (Å²) in [7, 11) is 0. The maximum absolute atomic E-state index is 12.8. The highest BCUT2D eigenvalue weighted by Gasteiger charge is 2.12. The second kappa shape index (κ2) is 6.96. The summed E-state index contributed by atoms with van der Waals surface area (Å²) in [6.07, 6.45) is 1.51. The molecule has 2 aromatic heterocycles. The summed E-state index contributed by atoms with van der Waals surface area (Å²) in [4.78, 5) is 34.1. The van der Waals surface area contributed by atoms with E-state index in [-0.39, 0.29) is 11.2 Å². The molecule has 0 bridgehead atoms.